The number of aryl methyl sites for hydroxylation is 2. The van der Waals surface area contributed by atoms with E-state index < -0.39 is 0 Å². The van der Waals surface area contributed by atoms with Gasteiger partial charge in [-0.15, -0.1) is 0 Å². The fourth-order valence-electron chi connectivity index (χ4n) is 1.56. The number of para-hydroxylation sites is 1. The quantitative estimate of drug-likeness (QED) is 0.799. The molecule has 0 aliphatic rings. The molecule has 16 heavy (non-hydrogen) atoms. The number of nitrogens with two attached hydrogens (primary N) is 1. The lowest BCUT2D eigenvalue weighted by molar-refractivity contribution is 0.299. The lowest BCUT2D eigenvalue weighted by Crippen LogP contribution is -2.01. The van der Waals surface area contributed by atoms with Crippen molar-refractivity contribution in [3.8, 4) is 5.75 Å². The summed E-state index contributed by atoms with van der Waals surface area (Å²) < 4.78 is 7.42. The molecule has 0 fully saturated rings. The van der Waals surface area contributed by atoms with Gasteiger partial charge in [-0.3, -0.25) is 4.68 Å². The van der Waals surface area contributed by atoms with Gasteiger partial charge in [0.25, 0.3) is 0 Å². The van der Waals surface area contributed by atoms with Crippen molar-refractivity contribution in [2.45, 2.75) is 13.5 Å². The summed E-state index contributed by atoms with van der Waals surface area (Å²) in [6.07, 6.45) is 1.89. The first-order valence-electron chi connectivity index (χ1n) is 5.13. The third-order valence-electron chi connectivity index (χ3n) is 2.38. The number of benzene rings is 1. The van der Waals surface area contributed by atoms with E-state index in [0.29, 0.717) is 12.3 Å². The number of rotatable bonds is 3. The van der Waals surface area contributed by atoms with E-state index >= 15 is 0 Å². The van der Waals surface area contributed by atoms with Gasteiger partial charge in [0.2, 0.25) is 0 Å². The molecule has 0 aliphatic heterocycles. The van der Waals surface area contributed by atoms with E-state index in [2.05, 4.69) is 5.10 Å². The number of aromatic nitrogens is 2. The molecule has 0 atom stereocenters. The van der Waals surface area contributed by atoms with E-state index in [9.17, 15) is 0 Å². The summed E-state index contributed by atoms with van der Waals surface area (Å²) in [6, 6.07) is 7.65. The summed E-state index contributed by atoms with van der Waals surface area (Å²) >= 11 is 0. The zero-order chi connectivity index (χ0) is 11.5. The van der Waals surface area contributed by atoms with E-state index in [-0.39, 0.29) is 0 Å². The molecule has 4 nitrogen and oxygen atoms in total. The number of hydrogen-bond acceptors (Lipinski definition) is 3. The van der Waals surface area contributed by atoms with Gasteiger partial charge in [0.1, 0.15) is 12.4 Å². The second kappa shape index (κ2) is 4.26. The van der Waals surface area contributed by atoms with Crippen molar-refractivity contribution in [2.24, 2.45) is 7.05 Å². The lowest BCUT2D eigenvalue weighted by Gasteiger charge is -2.10. The predicted molar refractivity (Wildman–Crippen MR) is 63.1 cm³/mol. The topological polar surface area (TPSA) is 53.1 Å². The summed E-state index contributed by atoms with van der Waals surface area (Å²) in [6.45, 7) is 2.42. The Morgan fingerprint density at radius 2 is 2.19 bits per heavy atom. The summed E-state index contributed by atoms with van der Waals surface area (Å²) in [4.78, 5) is 0. The van der Waals surface area contributed by atoms with Crippen LogP contribution in [-0.4, -0.2) is 9.78 Å². The molecule has 1 aromatic heterocycles. The third-order valence-corrected chi connectivity index (χ3v) is 2.38. The zero-order valence-electron chi connectivity index (χ0n) is 9.47. The van der Waals surface area contributed by atoms with E-state index in [4.69, 9.17) is 10.5 Å². The van der Waals surface area contributed by atoms with Crippen LogP contribution in [0, 0.1) is 6.92 Å². The highest BCUT2D eigenvalue weighted by Gasteiger charge is 2.05. The largest absolute Gasteiger partial charge is 0.485 e. The summed E-state index contributed by atoms with van der Waals surface area (Å²) in [5.41, 5.74) is 8.43. The standard InChI is InChI=1S/C12H15N3O/c1-9-4-3-5-11(13)12(9)16-8-10-6-7-15(2)14-10/h3-7H,8,13H2,1-2H3. The fourth-order valence-corrected chi connectivity index (χ4v) is 1.56. The first-order valence-corrected chi connectivity index (χ1v) is 5.13. The third kappa shape index (κ3) is 2.16. The zero-order valence-corrected chi connectivity index (χ0v) is 9.47. The SMILES string of the molecule is Cc1cccc(N)c1OCc1ccn(C)n1. The molecule has 4 heteroatoms. The molecule has 84 valence electrons. The molecule has 2 rings (SSSR count). The molecule has 0 bridgehead atoms. The van der Waals surface area contributed by atoms with Gasteiger partial charge >= 0.3 is 0 Å². The molecular weight excluding hydrogens is 202 g/mol. The first kappa shape index (κ1) is 10.5. The molecule has 0 radical (unpaired) electrons. The molecule has 2 N–H and O–H groups in total. The normalized spacial score (nSPS) is 10.4. The maximum absolute atomic E-state index is 5.84. The van der Waals surface area contributed by atoms with Crippen LogP contribution >= 0.6 is 0 Å². The van der Waals surface area contributed by atoms with Gasteiger partial charge in [-0.1, -0.05) is 12.1 Å². The molecule has 1 heterocycles. The Labute approximate surface area is 94.6 Å². The van der Waals surface area contributed by atoms with E-state index in [1.807, 2.05) is 44.4 Å². The maximum Gasteiger partial charge on any atom is 0.145 e. The molecular formula is C12H15N3O. The van der Waals surface area contributed by atoms with Crippen molar-refractivity contribution < 1.29 is 4.74 Å². The van der Waals surface area contributed by atoms with Crippen molar-refractivity contribution in [3.63, 3.8) is 0 Å². The van der Waals surface area contributed by atoms with Crippen LogP contribution in [0.25, 0.3) is 0 Å². The Bertz CT molecular complexity index is 471. The Morgan fingerprint density at radius 1 is 1.38 bits per heavy atom. The van der Waals surface area contributed by atoms with Gasteiger partial charge in [-0.2, -0.15) is 5.10 Å². The van der Waals surface area contributed by atoms with Crippen molar-refractivity contribution in [2.75, 3.05) is 5.73 Å². The minimum absolute atomic E-state index is 0.440. The highest BCUT2D eigenvalue weighted by Crippen LogP contribution is 2.25. The van der Waals surface area contributed by atoms with Crippen LogP contribution in [0.3, 0.4) is 0 Å². The Kier molecular flexibility index (Phi) is 2.81. The number of nitrogen functional groups attached to an aromatic ring is 1. The summed E-state index contributed by atoms with van der Waals surface area (Å²) in [5.74, 6) is 0.744. The number of anilines is 1. The maximum atomic E-state index is 5.84. The minimum atomic E-state index is 0.440. The van der Waals surface area contributed by atoms with Crippen molar-refractivity contribution >= 4 is 5.69 Å². The van der Waals surface area contributed by atoms with Gasteiger partial charge in [0.15, 0.2) is 0 Å². The molecule has 0 saturated heterocycles. The van der Waals surface area contributed by atoms with Crippen LogP contribution in [0.1, 0.15) is 11.3 Å². The number of nitrogens with zero attached hydrogens (tertiary/aromatic N) is 2. The van der Waals surface area contributed by atoms with Crippen LogP contribution in [0.15, 0.2) is 30.5 Å². The summed E-state index contributed by atoms with van der Waals surface area (Å²) in [7, 11) is 1.88. The monoisotopic (exact) mass is 217 g/mol. The Balaban J connectivity index is 2.10. The molecule has 0 unspecified atom stereocenters. The molecule has 0 amide bonds. The number of hydrogen-bond donors (Lipinski definition) is 1. The fraction of sp³-hybridized carbons (Fsp3) is 0.250. The van der Waals surface area contributed by atoms with Gasteiger partial charge in [0.05, 0.1) is 11.4 Å². The van der Waals surface area contributed by atoms with Gasteiger partial charge in [0, 0.05) is 13.2 Å². The van der Waals surface area contributed by atoms with Crippen molar-refractivity contribution in [1.29, 1.82) is 0 Å². The molecule has 0 aliphatic carbocycles. The first-order chi connectivity index (χ1) is 7.66. The van der Waals surface area contributed by atoms with Gasteiger partial charge in [-0.25, -0.2) is 0 Å². The van der Waals surface area contributed by atoms with Crippen LogP contribution < -0.4 is 10.5 Å². The molecule has 2 aromatic rings. The van der Waals surface area contributed by atoms with Crippen LogP contribution in [0.4, 0.5) is 5.69 Å². The van der Waals surface area contributed by atoms with Gasteiger partial charge < -0.3 is 10.5 Å². The predicted octanol–water partition coefficient (Wildman–Crippen LogP) is 1.89. The highest BCUT2D eigenvalue weighted by molar-refractivity contribution is 5.56. The average Bonchev–Trinajstić information content (AvgIpc) is 2.63. The molecule has 1 aromatic carbocycles. The molecule has 0 spiro atoms. The smallest absolute Gasteiger partial charge is 0.145 e. The Hall–Kier alpha value is -1.97. The van der Waals surface area contributed by atoms with Crippen molar-refractivity contribution in [3.05, 3.63) is 41.7 Å². The lowest BCUT2D eigenvalue weighted by atomic mass is 10.2. The Morgan fingerprint density at radius 3 is 2.81 bits per heavy atom. The number of ether oxygens (including phenoxy) is 1. The minimum Gasteiger partial charge on any atom is -0.485 e. The van der Waals surface area contributed by atoms with Crippen LogP contribution in [-0.2, 0) is 13.7 Å². The van der Waals surface area contributed by atoms with E-state index in [0.717, 1.165) is 17.0 Å². The molecule has 0 saturated carbocycles. The van der Waals surface area contributed by atoms with Gasteiger partial charge in [-0.05, 0) is 24.6 Å². The van der Waals surface area contributed by atoms with Crippen molar-refractivity contribution in [1.82, 2.24) is 9.78 Å². The van der Waals surface area contributed by atoms with E-state index in [1.165, 1.54) is 0 Å². The second-order valence-electron chi connectivity index (χ2n) is 3.76. The second-order valence-corrected chi connectivity index (χ2v) is 3.76. The average molecular weight is 217 g/mol. The summed E-state index contributed by atoms with van der Waals surface area (Å²) in [5, 5.41) is 4.24. The highest BCUT2D eigenvalue weighted by atomic mass is 16.5. The van der Waals surface area contributed by atoms with E-state index in [1.54, 1.807) is 4.68 Å². The van der Waals surface area contributed by atoms with Crippen LogP contribution in [0.2, 0.25) is 0 Å². The van der Waals surface area contributed by atoms with Crippen LogP contribution in [0.5, 0.6) is 5.75 Å².